The first-order valence-electron chi connectivity index (χ1n) is 4.13. The van der Waals surface area contributed by atoms with Crippen molar-refractivity contribution in [3.63, 3.8) is 0 Å². The number of rotatable bonds is 3. The van der Waals surface area contributed by atoms with Gasteiger partial charge in [-0.3, -0.25) is 0 Å². The van der Waals surface area contributed by atoms with Crippen LogP contribution < -0.4 is 5.73 Å². The van der Waals surface area contributed by atoms with Crippen LogP contribution in [0.4, 0.5) is 0 Å². The molecule has 1 heterocycles. The number of sulfonamides is 1. The Morgan fingerprint density at radius 3 is 2.50 bits per heavy atom. The molecule has 1 saturated heterocycles. The van der Waals surface area contributed by atoms with Crippen LogP contribution in [0, 0.1) is 5.92 Å². The molecule has 0 spiro atoms. The highest BCUT2D eigenvalue weighted by atomic mass is 32.2. The molecule has 0 radical (unpaired) electrons. The summed E-state index contributed by atoms with van der Waals surface area (Å²) in [5, 5.41) is 0. The maximum absolute atomic E-state index is 11.1. The van der Waals surface area contributed by atoms with E-state index in [0.717, 1.165) is 6.42 Å². The average molecular weight is 192 g/mol. The maximum Gasteiger partial charge on any atom is 0.211 e. The van der Waals surface area contributed by atoms with E-state index < -0.39 is 10.0 Å². The molecule has 1 rings (SSSR count). The second kappa shape index (κ2) is 3.32. The van der Waals surface area contributed by atoms with E-state index in [4.69, 9.17) is 5.73 Å². The average Bonchev–Trinajstić information content (AvgIpc) is 1.80. The van der Waals surface area contributed by atoms with E-state index in [9.17, 15) is 8.42 Å². The van der Waals surface area contributed by atoms with Gasteiger partial charge in [0.2, 0.25) is 10.0 Å². The van der Waals surface area contributed by atoms with Crippen molar-refractivity contribution in [3.05, 3.63) is 0 Å². The normalized spacial score (nSPS) is 28.1. The summed E-state index contributed by atoms with van der Waals surface area (Å²) in [5.41, 5.74) is 5.47. The van der Waals surface area contributed by atoms with Gasteiger partial charge in [-0.1, -0.05) is 6.92 Å². The predicted molar refractivity (Wildman–Crippen MR) is 48.2 cm³/mol. The zero-order valence-electron chi connectivity index (χ0n) is 7.53. The molecular weight excluding hydrogens is 176 g/mol. The highest BCUT2D eigenvalue weighted by Gasteiger charge is 2.37. The van der Waals surface area contributed by atoms with Crippen LogP contribution in [-0.4, -0.2) is 38.1 Å². The van der Waals surface area contributed by atoms with Gasteiger partial charge in [-0.05, 0) is 18.9 Å². The molecule has 2 unspecified atom stereocenters. The van der Waals surface area contributed by atoms with E-state index in [-0.39, 0.29) is 12.0 Å². The summed E-state index contributed by atoms with van der Waals surface area (Å²) in [6.45, 7) is 3.20. The second-order valence-corrected chi connectivity index (χ2v) is 5.38. The minimum atomic E-state index is -2.99. The molecule has 12 heavy (non-hydrogen) atoms. The molecule has 5 heteroatoms. The van der Waals surface area contributed by atoms with Gasteiger partial charge in [-0.25, -0.2) is 8.42 Å². The fourth-order valence-electron chi connectivity index (χ4n) is 1.52. The van der Waals surface area contributed by atoms with Crippen LogP contribution in [0.5, 0.6) is 0 Å². The number of hydrogen-bond acceptors (Lipinski definition) is 3. The third-order valence-corrected chi connectivity index (χ3v) is 3.78. The van der Waals surface area contributed by atoms with Crippen molar-refractivity contribution in [1.29, 1.82) is 0 Å². The van der Waals surface area contributed by atoms with E-state index >= 15 is 0 Å². The summed E-state index contributed by atoms with van der Waals surface area (Å²) in [4.78, 5) is 0. The Bertz CT molecular complexity index is 250. The van der Waals surface area contributed by atoms with Crippen LogP contribution in [0.3, 0.4) is 0 Å². The summed E-state index contributed by atoms with van der Waals surface area (Å²) in [6, 6.07) is 0.144. The zero-order valence-corrected chi connectivity index (χ0v) is 8.34. The standard InChI is InChI=1S/C7H16N2O2S/c1-6(5-8)7-3-4-9(7)12(2,10)11/h6-7H,3-5,8H2,1-2H3. The Morgan fingerprint density at radius 1 is 1.67 bits per heavy atom. The van der Waals surface area contributed by atoms with Crippen LogP contribution >= 0.6 is 0 Å². The number of nitrogens with zero attached hydrogens (tertiary/aromatic N) is 1. The van der Waals surface area contributed by atoms with Gasteiger partial charge in [0.15, 0.2) is 0 Å². The SMILES string of the molecule is CC(CN)C1CCN1S(C)(=O)=O. The van der Waals surface area contributed by atoms with Crippen LogP contribution in [0.1, 0.15) is 13.3 Å². The van der Waals surface area contributed by atoms with Crippen molar-refractivity contribution in [1.82, 2.24) is 4.31 Å². The van der Waals surface area contributed by atoms with E-state index in [0.29, 0.717) is 13.1 Å². The molecule has 0 amide bonds. The molecule has 0 aromatic rings. The number of nitrogens with two attached hydrogens (primary N) is 1. The van der Waals surface area contributed by atoms with Crippen LogP contribution in [0.2, 0.25) is 0 Å². The minimum absolute atomic E-state index is 0.144. The molecule has 0 bridgehead atoms. The molecule has 2 atom stereocenters. The Hall–Kier alpha value is -0.130. The van der Waals surface area contributed by atoms with Crippen molar-refractivity contribution in [3.8, 4) is 0 Å². The molecule has 2 N–H and O–H groups in total. The predicted octanol–water partition coefficient (Wildman–Crippen LogP) is -0.385. The molecule has 0 aliphatic carbocycles. The summed E-state index contributed by atoms with van der Waals surface area (Å²) >= 11 is 0. The highest BCUT2D eigenvalue weighted by molar-refractivity contribution is 7.88. The molecule has 1 aliphatic rings. The minimum Gasteiger partial charge on any atom is -0.330 e. The summed E-state index contributed by atoms with van der Waals surface area (Å²) in [7, 11) is -2.99. The van der Waals surface area contributed by atoms with Crippen LogP contribution in [0.25, 0.3) is 0 Å². The quantitative estimate of drug-likeness (QED) is 0.662. The Kier molecular flexibility index (Phi) is 2.75. The van der Waals surface area contributed by atoms with Crippen molar-refractivity contribution in [2.45, 2.75) is 19.4 Å². The molecule has 1 aliphatic heterocycles. The van der Waals surface area contributed by atoms with Crippen molar-refractivity contribution >= 4 is 10.0 Å². The molecule has 4 nitrogen and oxygen atoms in total. The van der Waals surface area contributed by atoms with Gasteiger partial charge in [0.05, 0.1) is 6.26 Å². The van der Waals surface area contributed by atoms with Gasteiger partial charge in [0.25, 0.3) is 0 Å². The Morgan fingerprint density at radius 2 is 2.25 bits per heavy atom. The van der Waals surface area contributed by atoms with Gasteiger partial charge in [-0.2, -0.15) is 4.31 Å². The smallest absolute Gasteiger partial charge is 0.211 e. The molecular formula is C7H16N2O2S. The van der Waals surface area contributed by atoms with Crippen molar-refractivity contribution < 1.29 is 8.42 Å². The van der Waals surface area contributed by atoms with Gasteiger partial charge < -0.3 is 5.73 Å². The molecule has 72 valence electrons. The highest BCUT2D eigenvalue weighted by Crippen LogP contribution is 2.26. The summed E-state index contributed by atoms with van der Waals surface area (Å²) < 4.78 is 23.8. The van der Waals surface area contributed by atoms with E-state index in [2.05, 4.69) is 0 Å². The Labute approximate surface area is 73.8 Å². The van der Waals surface area contributed by atoms with Gasteiger partial charge in [-0.15, -0.1) is 0 Å². The Balaban J connectivity index is 2.61. The fourth-order valence-corrected chi connectivity index (χ4v) is 2.76. The largest absolute Gasteiger partial charge is 0.330 e. The zero-order chi connectivity index (χ0) is 9.35. The first-order chi connectivity index (χ1) is 5.46. The lowest BCUT2D eigenvalue weighted by atomic mass is 9.93. The first kappa shape index (κ1) is 9.95. The topological polar surface area (TPSA) is 63.4 Å². The second-order valence-electron chi connectivity index (χ2n) is 3.44. The van der Waals surface area contributed by atoms with Crippen LogP contribution in [-0.2, 0) is 10.0 Å². The number of hydrogen-bond donors (Lipinski definition) is 1. The third-order valence-electron chi connectivity index (χ3n) is 2.47. The van der Waals surface area contributed by atoms with Crippen molar-refractivity contribution in [2.24, 2.45) is 11.7 Å². The van der Waals surface area contributed by atoms with Gasteiger partial charge in [0.1, 0.15) is 0 Å². The van der Waals surface area contributed by atoms with E-state index in [1.807, 2.05) is 6.92 Å². The molecule has 0 aromatic heterocycles. The van der Waals surface area contributed by atoms with Gasteiger partial charge >= 0.3 is 0 Å². The lowest BCUT2D eigenvalue weighted by Gasteiger charge is -2.42. The third kappa shape index (κ3) is 1.78. The molecule has 0 aromatic carbocycles. The maximum atomic E-state index is 11.1. The van der Waals surface area contributed by atoms with E-state index in [1.54, 1.807) is 0 Å². The molecule has 1 fully saturated rings. The lowest BCUT2D eigenvalue weighted by molar-refractivity contribution is 0.146. The molecule has 0 saturated carbocycles. The monoisotopic (exact) mass is 192 g/mol. The lowest BCUT2D eigenvalue weighted by Crippen LogP contribution is -2.54. The summed E-state index contributed by atoms with van der Waals surface area (Å²) in [5.74, 6) is 0.272. The van der Waals surface area contributed by atoms with Crippen molar-refractivity contribution in [2.75, 3.05) is 19.3 Å². The van der Waals surface area contributed by atoms with Gasteiger partial charge in [0, 0.05) is 12.6 Å². The fraction of sp³-hybridized carbons (Fsp3) is 1.00. The summed E-state index contributed by atoms with van der Waals surface area (Å²) in [6.07, 6.45) is 2.20. The van der Waals surface area contributed by atoms with E-state index in [1.165, 1.54) is 10.6 Å². The van der Waals surface area contributed by atoms with Crippen LogP contribution in [0.15, 0.2) is 0 Å². The first-order valence-corrected chi connectivity index (χ1v) is 5.98.